The van der Waals surface area contributed by atoms with Gasteiger partial charge in [0.05, 0.1) is 0 Å². The summed E-state index contributed by atoms with van der Waals surface area (Å²) in [5.41, 5.74) is 1.31. The van der Waals surface area contributed by atoms with E-state index >= 15 is 0 Å². The molecule has 0 aliphatic rings. The number of nitrogens with zero attached hydrogens (tertiary/aromatic N) is 2. The van der Waals surface area contributed by atoms with Crippen LogP contribution < -0.4 is 5.32 Å². The molecule has 4 nitrogen and oxygen atoms in total. The lowest BCUT2D eigenvalue weighted by atomic mass is 10.1. The SMILES string of the molecule is C[C@H]([NH2+]Cc1nc(-c2ccccc2)no1)c1ccc(F)cc1F. The van der Waals surface area contributed by atoms with Crippen LogP contribution >= 0.6 is 0 Å². The zero-order valence-corrected chi connectivity index (χ0v) is 12.5. The molecule has 0 radical (unpaired) electrons. The van der Waals surface area contributed by atoms with Crippen molar-refractivity contribution < 1.29 is 18.6 Å². The predicted octanol–water partition coefficient (Wildman–Crippen LogP) is 2.84. The Morgan fingerprint density at radius 1 is 1.13 bits per heavy atom. The molecule has 0 fully saturated rings. The Kier molecular flexibility index (Phi) is 4.43. The zero-order valence-electron chi connectivity index (χ0n) is 12.5. The van der Waals surface area contributed by atoms with E-state index in [0.29, 0.717) is 23.8 Å². The minimum Gasteiger partial charge on any atom is -0.333 e. The van der Waals surface area contributed by atoms with Gasteiger partial charge in [-0.15, -0.1) is 0 Å². The number of aromatic nitrogens is 2. The van der Waals surface area contributed by atoms with E-state index in [1.165, 1.54) is 12.1 Å². The van der Waals surface area contributed by atoms with Gasteiger partial charge in [-0.1, -0.05) is 35.5 Å². The van der Waals surface area contributed by atoms with Gasteiger partial charge in [0.1, 0.15) is 17.7 Å². The fourth-order valence-electron chi connectivity index (χ4n) is 2.32. The molecule has 3 rings (SSSR count). The van der Waals surface area contributed by atoms with Crippen LogP contribution in [-0.2, 0) is 6.54 Å². The molecule has 0 saturated carbocycles. The van der Waals surface area contributed by atoms with Crippen LogP contribution in [0, 0.1) is 11.6 Å². The van der Waals surface area contributed by atoms with Crippen molar-refractivity contribution in [1.29, 1.82) is 0 Å². The summed E-state index contributed by atoms with van der Waals surface area (Å²) in [6.45, 7) is 2.25. The van der Waals surface area contributed by atoms with E-state index in [-0.39, 0.29) is 6.04 Å². The minimum absolute atomic E-state index is 0.192. The summed E-state index contributed by atoms with van der Waals surface area (Å²) in [5.74, 6) is -0.153. The highest BCUT2D eigenvalue weighted by Crippen LogP contribution is 2.16. The van der Waals surface area contributed by atoms with E-state index in [9.17, 15) is 8.78 Å². The van der Waals surface area contributed by atoms with Gasteiger partial charge in [0.15, 0.2) is 6.54 Å². The molecule has 0 saturated heterocycles. The molecule has 1 heterocycles. The lowest BCUT2D eigenvalue weighted by Gasteiger charge is -2.10. The van der Waals surface area contributed by atoms with Crippen LogP contribution in [0.3, 0.4) is 0 Å². The molecule has 0 spiro atoms. The van der Waals surface area contributed by atoms with Gasteiger partial charge in [-0.05, 0) is 19.1 Å². The minimum atomic E-state index is -0.581. The van der Waals surface area contributed by atoms with Crippen molar-refractivity contribution in [1.82, 2.24) is 10.1 Å². The summed E-state index contributed by atoms with van der Waals surface area (Å²) in [6, 6.07) is 12.9. The Labute approximate surface area is 132 Å². The van der Waals surface area contributed by atoms with Gasteiger partial charge in [-0.25, -0.2) is 8.78 Å². The topological polar surface area (TPSA) is 55.5 Å². The quantitative estimate of drug-likeness (QED) is 0.787. The van der Waals surface area contributed by atoms with Crippen LogP contribution in [0.4, 0.5) is 8.78 Å². The molecule has 6 heteroatoms. The van der Waals surface area contributed by atoms with Crippen LogP contribution in [0.25, 0.3) is 11.4 Å². The second-order valence-electron chi connectivity index (χ2n) is 5.27. The molecular formula is C17H16F2N3O+. The average Bonchev–Trinajstić information content (AvgIpc) is 3.02. The molecule has 23 heavy (non-hydrogen) atoms. The van der Waals surface area contributed by atoms with Crippen molar-refractivity contribution in [3.63, 3.8) is 0 Å². The summed E-state index contributed by atoms with van der Waals surface area (Å²) in [4.78, 5) is 4.32. The number of rotatable bonds is 5. The van der Waals surface area contributed by atoms with Crippen molar-refractivity contribution in [2.45, 2.75) is 19.5 Å². The molecule has 0 aliphatic heterocycles. The smallest absolute Gasteiger partial charge is 0.282 e. The number of hydrogen-bond acceptors (Lipinski definition) is 3. The highest BCUT2D eigenvalue weighted by atomic mass is 19.1. The summed E-state index contributed by atoms with van der Waals surface area (Å²) >= 11 is 0. The normalized spacial score (nSPS) is 12.3. The van der Waals surface area contributed by atoms with E-state index in [4.69, 9.17) is 4.52 Å². The average molecular weight is 316 g/mol. The first-order valence-electron chi connectivity index (χ1n) is 7.30. The Bertz CT molecular complexity index is 790. The summed E-state index contributed by atoms with van der Waals surface area (Å²) in [5, 5.41) is 5.80. The van der Waals surface area contributed by atoms with Gasteiger partial charge in [-0.3, -0.25) is 0 Å². The van der Waals surface area contributed by atoms with Gasteiger partial charge in [0.25, 0.3) is 5.89 Å². The first-order valence-corrected chi connectivity index (χ1v) is 7.30. The largest absolute Gasteiger partial charge is 0.333 e. The Balaban J connectivity index is 1.65. The first kappa shape index (κ1) is 15.3. The van der Waals surface area contributed by atoms with Gasteiger partial charge in [-0.2, -0.15) is 4.98 Å². The van der Waals surface area contributed by atoms with Crippen molar-refractivity contribution >= 4 is 0 Å². The number of nitrogens with two attached hydrogens (primary N) is 1. The number of quaternary nitrogens is 1. The highest BCUT2D eigenvalue weighted by Gasteiger charge is 2.16. The second kappa shape index (κ2) is 6.66. The van der Waals surface area contributed by atoms with Crippen LogP contribution in [0.2, 0.25) is 0 Å². The molecule has 0 bridgehead atoms. The van der Waals surface area contributed by atoms with Gasteiger partial charge in [0, 0.05) is 17.2 Å². The maximum atomic E-state index is 13.7. The highest BCUT2D eigenvalue weighted by molar-refractivity contribution is 5.53. The third-order valence-corrected chi connectivity index (χ3v) is 3.60. The van der Waals surface area contributed by atoms with Crippen LogP contribution in [0.1, 0.15) is 24.4 Å². The lowest BCUT2D eigenvalue weighted by molar-refractivity contribution is -0.710. The summed E-state index contributed by atoms with van der Waals surface area (Å²) in [6.07, 6.45) is 0. The first-order chi connectivity index (χ1) is 11.1. The molecule has 118 valence electrons. The van der Waals surface area contributed by atoms with E-state index in [2.05, 4.69) is 10.1 Å². The van der Waals surface area contributed by atoms with Crippen molar-refractivity contribution in [3.8, 4) is 11.4 Å². The molecule has 2 N–H and O–H groups in total. The maximum absolute atomic E-state index is 13.7. The molecule has 0 aliphatic carbocycles. The van der Waals surface area contributed by atoms with Crippen molar-refractivity contribution in [3.05, 3.63) is 71.6 Å². The molecule has 2 aromatic carbocycles. The molecule has 1 aromatic heterocycles. The monoisotopic (exact) mass is 316 g/mol. The second-order valence-corrected chi connectivity index (χ2v) is 5.27. The predicted molar refractivity (Wildman–Crippen MR) is 80.1 cm³/mol. The molecular weight excluding hydrogens is 300 g/mol. The fraction of sp³-hybridized carbons (Fsp3) is 0.176. The molecule has 1 atom stereocenters. The van der Waals surface area contributed by atoms with Gasteiger partial charge < -0.3 is 9.84 Å². The number of halogens is 2. The fourth-order valence-corrected chi connectivity index (χ4v) is 2.32. The van der Waals surface area contributed by atoms with E-state index < -0.39 is 11.6 Å². The van der Waals surface area contributed by atoms with Crippen molar-refractivity contribution in [2.75, 3.05) is 0 Å². The van der Waals surface area contributed by atoms with E-state index in [0.717, 1.165) is 11.6 Å². The Morgan fingerprint density at radius 3 is 2.65 bits per heavy atom. The Morgan fingerprint density at radius 2 is 1.91 bits per heavy atom. The third-order valence-electron chi connectivity index (χ3n) is 3.60. The summed E-state index contributed by atoms with van der Waals surface area (Å²) < 4.78 is 31.9. The van der Waals surface area contributed by atoms with E-state index in [1.54, 1.807) is 0 Å². The van der Waals surface area contributed by atoms with Gasteiger partial charge >= 0.3 is 0 Å². The zero-order chi connectivity index (χ0) is 16.2. The van der Waals surface area contributed by atoms with Crippen LogP contribution in [0.15, 0.2) is 53.1 Å². The van der Waals surface area contributed by atoms with Crippen molar-refractivity contribution in [2.24, 2.45) is 0 Å². The third kappa shape index (κ3) is 3.60. The molecule has 0 unspecified atom stereocenters. The van der Waals surface area contributed by atoms with Gasteiger partial charge in [0.2, 0.25) is 5.82 Å². The maximum Gasteiger partial charge on any atom is 0.282 e. The van der Waals surface area contributed by atoms with E-state index in [1.807, 2.05) is 42.6 Å². The summed E-state index contributed by atoms with van der Waals surface area (Å²) in [7, 11) is 0. The van der Waals surface area contributed by atoms with Crippen LogP contribution in [0.5, 0.6) is 0 Å². The standard InChI is InChI=1S/C17H15F2N3O/c1-11(14-8-7-13(18)9-15(14)19)20-10-16-21-17(22-23-16)12-5-3-2-4-6-12/h2-9,11,20H,10H2,1H3/p+1/t11-/m0/s1. The molecule has 3 aromatic rings. The Hall–Kier alpha value is -2.60. The molecule has 0 amide bonds. The number of hydrogen-bond donors (Lipinski definition) is 1. The number of benzene rings is 2. The van der Waals surface area contributed by atoms with Crippen LogP contribution in [-0.4, -0.2) is 10.1 Å². The lowest BCUT2D eigenvalue weighted by Crippen LogP contribution is -2.83.